The van der Waals surface area contributed by atoms with E-state index >= 15 is 0 Å². The zero-order valence-corrected chi connectivity index (χ0v) is 14.1. The van der Waals surface area contributed by atoms with Gasteiger partial charge in [0.15, 0.2) is 5.82 Å². The van der Waals surface area contributed by atoms with Gasteiger partial charge in [-0.1, -0.05) is 6.07 Å². The van der Waals surface area contributed by atoms with Crippen molar-refractivity contribution >= 4 is 15.9 Å². The van der Waals surface area contributed by atoms with Crippen LogP contribution in [0.1, 0.15) is 18.4 Å². The van der Waals surface area contributed by atoms with Crippen LogP contribution in [0.25, 0.3) is 5.82 Å². The van der Waals surface area contributed by atoms with E-state index in [0.29, 0.717) is 25.2 Å². The zero-order chi connectivity index (χ0) is 17.2. The molecule has 0 saturated carbocycles. The largest absolute Gasteiger partial charge is 0.350 e. The molecule has 0 spiro atoms. The van der Waals surface area contributed by atoms with Crippen LogP contribution in [-0.2, 0) is 21.4 Å². The number of aromatic nitrogens is 3. The van der Waals surface area contributed by atoms with Crippen LogP contribution < -0.4 is 5.32 Å². The third kappa shape index (κ3) is 3.46. The first-order chi connectivity index (χ1) is 11.5. The van der Waals surface area contributed by atoms with Crippen molar-refractivity contribution in [3.05, 3.63) is 42.4 Å². The Hall–Kier alpha value is -2.26. The van der Waals surface area contributed by atoms with Crippen molar-refractivity contribution in [2.24, 2.45) is 0 Å². The molecule has 0 aliphatic carbocycles. The molecular weight excluding hydrogens is 330 g/mol. The van der Waals surface area contributed by atoms with Crippen molar-refractivity contribution < 1.29 is 13.2 Å². The molecule has 8 nitrogen and oxygen atoms in total. The first-order valence-corrected chi connectivity index (χ1v) is 9.50. The first kappa shape index (κ1) is 16.6. The molecule has 0 aromatic carbocycles. The maximum atomic E-state index is 12.4. The Morgan fingerprint density at radius 1 is 1.38 bits per heavy atom. The van der Waals surface area contributed by atoms with Gasteiger partial charge in [-0.25, -0.2) is 18.1 Å². The van der Waals surface area contributed by atoms with Gasteiger partial charge in [-0.2, -0.15) is 9.40 Å². The van der Waals surface area contributed by atoms with E-state index in [2.05, 4.69) is 15.4 Å². The summed E-state index contributed by atoms with van der Waals surface area (Å²) in [5.74, 6) is 0.349. The molecule has 1 aliphatic rings. The summed E-state index contributed by atoms with van der Waals surface area (Å²) >= 11 is 0. The predicted octanol–water partition coefficient (Wildman–Crippen LogP) is 0.308. The Morgan fingerprint density at radius 3 is 2.92 bits per heavy atom. The number of hydrogen-bond acceptors (Lipinski definition) is 5. The van der Waals surface area contributed by atoms with Crippen LogP contribution in [0.15, 0.2) is 36.8 Å². The van der Waals surface area contributed by atoms with Crippen molar-refractivity contribution in [3.8, 4) is 5.82 Å². The third-order valence-electron chi connectivity index (χ3n) is 3.97. The molecule has 1 unspecified atom stereocenters. The number of sulfonamides is 1. The molecule has 0 bridgehead atoms. The Bertz CT molecular complexity index is 819. The van der Waals surface area contributed by atoms with Crippen LogP contribution in [0, 0.1) is 0 Å². The third-order valence-corrected chi connectivity index (χ3v) is 5.26. The molecule has 24 heavy (non-hydrogen) atoms. The summed E-state index contributed by atoms with van der Waals surface area (Å²) < 4.78 is 26.4. The van der Waals surface area contributed by atoms with Crippen LogP contribution in [-0.4, -0.2) is 52.2 Å². The lowest BCUT2D eigenvalue weighted by Gasteiger charge is -2.21. The Labute approximate surface area is 140 Å². The monoisotopic (exact) mass is 349 g/mol. The van der Waals surface area contributed by atoms with Gasteiger partial charge in [0.05, 0.1) is 6.26 Å². The van der Waals surface area contributed by atoms with Gasteiger partial charge in [0, 0.05) is 37.2 Å². The molecule has 9 heteroatoms. The SMILES string of the molecule is CS(=O)(=O)N1CCCC1C(=O)NCc1cccnc1-n1cccn1. The van der Waals surface area contributed by atoms with Gasteiger partial charge in [0.2, 0.25) is 15.9 Å². The standard InChI is InChI=1S/C15H19N5O3S/c1-24(22,23)20-10-3-6-13(20)15(21)17-11-12-5-2-7-16-14(12)19-9-4-8-18-19/h2,4-5,7-9,13H,3,6,10-11H2,1H3,(H,17,21). The van der Waals surface area contributed by atoms with E-state index in [1.54, 1.807) is 35.4 Å². The van der Waals surface area contributed by atoms with Gasteiger partial charge in [-0.3, -0.25) is 4.79 Å². The van der Waals surface area contributed by atoms with Gasteiger partial charge in [0.25, 0.3) is 0 Å². The average Bonchev–Trinajstić information content (AvgIpc) is 3.23. The molecule has 1 aliphatic heterocycles. The van der Waals surface area contributed by atoms with Crippen LogP contribution in [0.2, 0.25) is 0 Å². The second-order valence-electron chi connectivity index (χ2n) is 5.69. The highest BCUT2D eigenvalue weighted by Gasteiger charge is 2.36. The molecule has 128 valence electrons. The lowest BCUT2D eigenvalue weighted by Crippen LogP contribution is -2.45. The summed E-state index contributed by atoms with van der Waals surface area (Å²) in [7, 11) is -3.38. The minimum atomic E-state index is -3.38. The molecule has 1 amide bonds. The van der Waals surface area contributed by atoms with Crippen molar-refractivity contribution in [2.45, 2.75) is 25.4 Å². The second kappa shape index (κ2) is 6.70. The number of rotatable bonds is 5. The summed E-state index contributed by atoms with van der Waals surface area (Å²) in [6, 6.07) is 4.80. The minimum Gasteiger partial charge on any atom is -0.350 e. The van der Waals surface area contributed by atoms with Gasteiger partial charge in [-0.15, -0.1) is 0 Å². The normalized spacial score (nSPS) is 18.6. The Morgan fingerprint density at radius 2 is 2.21 bits per heavy atom. The summed E-state index contributed by atoms with van der Waals surface area (Å²) in [4.78, 5) is 16.7. The maximum Gasteiger partial charge on any atom is 0.238 e. The van der Waals surface area contributed by atoms with E-state index in [9.17, 15) is 13.2 Å². The van der Waals surface area contributed by atoms with E-state index in [0.717, 1.165) is 11.8 Å². The summed E-state index contributed by atoms with van der Waals surface area (Å²) in [6.07, 6.45) is 7.45. The summed E-state index contributed by atoms with van der Waals surface area (Å²) in [5.41, 5.74) is 0.804. The van der Waals surface area contributed by atoms with E-state index in [-0.39, 0.29) is 12.5 Å². The smallest absolute Gasteiger partial charge is 0.238 e. The molecule has 2 aromatic rings. The molecule has 3 rings (SSSR count). The molecule has 1 saturated heterocycles. The Balaban J connectivity index is 1.72. The molecule has 2 aromatic heterocycles. The van der Waals surface area contributed by atoms with Gasteiger partial charge in [0.1, 0.15) is 6.04 Å². The molecular formula is C15H19N5O3S. The fourth-order valence-corrected chi connectivity index (χ4v) is 3.99. The lowest BCUT2D eigenvalue weighted by atomic mass is 10.2. The quantitative estimate of drug-likeness (QED) is 0.838. The first-order valence-electron chi connectivity index (χ1n) is 7.65. The number of nitrogens with zero attached hydrogens (tertiary/aromatic N) is 4. The fourth-order valence-electron chi connectivity index (χ4n) is 2.87. The average molecular weight is 349 g/mol. The molecule has 1 atom stereocenters. The summed E-state index contributed by atoms with van der Waals surface area (Å²) in [5, 5.41) is 6.97. The van der Waals surface area contributed by atoms with Gasteiger partial charge in [-0.05, 0) is 25.0 Å². The van der Waals surface area contributed by atoms with Crippen LogP contribution >= 0.6 is 0 Å². The molecule has 3 heterocycles. The van der Waals surface area contributed by atoms with Crippen LogP contribution in [0.5, 0.6) is 0 Å². The van der Waals surface area contributed by atoms with Crippen molar-refractivity contribution in [1.82, 2.24) is 24.4 Å². The van der Waals surface area contributed by atoms with Crippen molar-refractivity contribution in [2.75, 3.05) is 12.8 Å². The Kier molecular flexibility index (Phi) is 4.63. The molecule has 1 fully saturated rings. The fraction of sp³-hybridized carbons (Fsp3) is 0.400. The lowest BCUT2D eigenvalue weighted by molar-refractivity contribution is -0.124. The highest BCUT2D eigenvalue weighted by molar-refractivity contribution is 7.88. The topological polar surface area (TPSA) is 97.2 Å². The summed E-state index contributed by atoms with van der Waals surface area (Å²) in [6.45, 7) is 0.651. The number of carbonyl (C=O) groups is 1. The molecule has 1 N–H and O–H groups in total. The molecule has 0 radical (unpaired) electrons. The van der Waals surface area contributed by atoms with E-state index < -0.39 is 16.1 Å². The number of carbonyl (C=O) groups excluding carboxylic acids is 1. The van der Waals surface area contributed by atoms with Crippen molar-refractivity contribution in [1.29, 1.82) is 0 Å². The minimum absolute atomic E-state index is 0.260. The number of pyridine rings is 1. The van der Waals surface area contributed by atoms with E-state index in [4.69, 9.17) is 0 Å². The highest BCUT2D eigenvalue weighted by atomic mass is 32.2. The predicted molar refractivity (Wildman–Crippen MR) is 87.8 cm³/mol. The second-order valence-corrected chi connectivity index (χ2v) is 7.62. The maximum absolute atomic E-state index is 12.4. The number of nitrogens with one attached hydrogen (secondary N) is 1. The van der Waals surface area contributed by atoms with E-state index in [1.165, 1.54) is 4.31 Å². The van der Waals surface area contributed by atoms with E-state index in [1.807, 2.05) is 6.07 Å². The van der Waals surface area contributed by atoms with Crippen LogP contribution in [0.3, 0.4) is 0 Å². The number of amides is 1. The van der Waals surface area contributed by atoms with Gasteiger partial charge < -0.3 is 5.32 Å². The van der Waals surface area contributed by atoms with Crippen LogP contribution in [0.4, 0.5) is 0 Å². The zero-order valence-electron chi connectivity index (χ0n) is 13.3. The van der Waals surface area contributed by atoms with Crippen molar-refractivity contribution in [3.63, 3.8) is 0 Å². The van der Waals surface area contributed by atoms with Gasteiger partial charge >= 0.3 is 0 Å². The highest BCUT2D eigenvalue weighted by Crippen LogP contribution is 2.20. The number of hydrogen-bond donors (Lipinski definition) is 1.